The van der Waals surface area contributed by atoms with Gasteiger partial charge >= 0.3 is 0 Å². The third kappa shape index (κ3) is 8.86. The van der Waals surface area contributed by atoms with E-state index in [0.29, 0.717) is 6.04 Å². The van der Waals surface area contributed by atoms with E-state index in [-0.39, 0.29) is 24.0 Å². The van der Waals surface area contributed by atoms with Gasteiger partial charge in [-0.3, -0.25) is 4.99 Å². The maximum Gasteiger partial charge on any atom is 0.191 e. The number of guanidine groups is 1. The number of nitrogens with one attached hydrogen (secondary N) is 2. The van der Waals surface area contributed by atoms with Gasteiger partial charge in [-0.1, -0.05) is 20.8 Å². The van der Waals surface area contributed by atoms with Crippen LogP contribution in [0.5, 0.6) is 0 Å². The van der Waals surface area contributed by atoms with Gasteiger partial charge in [-0.2, -0.15) is 0 Å². The predicted molar refractivity (Wildman–Crippen MR) is 104 cm³/mol. The van der Waals surface area contributed by atoms with Crippen LogP contribution in [0.3, 0.4) is 0 Å². The molecule has 1 rings (SSSR count). The fourth-order valence-electron chi connectivity index (χ4n) is 2.69. The summed E-state index contributed by atoms with van der Waals surface area (Å²) in [6.07, 6.45) is 3.77. The summed E-state index contributed by atoms with van der Waals surface area (Å²) in [5.41, 5.74) is 0. The van der Waals surface area contributed by atoms with E-state index in [0.717, 1.165) is 24.3 Å². The first-order chi connectivity index (χ1) is 9.55. The van der Waals surface area contributed by atoms with Gasteiger partial charge in [-0.05, 0) is 51.1 Å². The van der Waals surface area contributed by atoms with E-state index in [4.69, 9.17) is 0 Å². The highest BCUT2D eigenvalue weighted by Gasteiger charge is 2.21. The lowest BCUT2D eigenvalue weighted by atomic mass is 10.0. The van der Waals surface area contributed by atoms with Crippen molar-refractivity contribution in [1.29, 1.82) is 0 Å². The molecule has 2 unspecified atom stereocenters. The molecule has 0 aromatic carbocycles. The van der Waals surface area contributed by atoms with Crippen LogP contribution in [0.15, 0.2) is 4.99 Å². The van der Waals surface area contributed by atoms with Crippen LogP contribution < -0.4 is 10.6 Å². The van der Waals surface area contributed by atoms with Crippen molar-refractivity contribution in [1.82, 2.24) is 15.5 Å². The molecule has 2 atom stereocenters. The topological polar surface area (TPSA) is 39.7 Å². The summed E-state index contributed by atoms with van der Waals surface area (Å²) in [6.45, 7) is 13.7. The summed E-state index contributed by atoms with van der Waals surface area (Å²) in [4.78, 5) is 6.86. The minimum Gasteiger partial charge on any atom is -0.356 e. The van der Waals surface area contributed by atoms with Gasteiger partial charge in [0.1, 0.15) is 0 Å². The standard InChI is InChI=1S/C16H34N4.HI/c1-6-20-10-9-15(12-20)11-18-16(17-5)19-14(4)8-7-13(2)3;/h13-15H,6-12H2,1-5H3,(H2,17,18,19);1H. The summed E-state index contributed by atoms with van der Waals surface area (Å²) in [6, 6.07) is 0.485. The van der Waals surface area contributed by atoms with E-state index in [9.17, 15) is 0 Å². The zero-order valence-electron chi connectivity index (χ0n) is 14.5. The van der Waals surface area contributed by atoms with Crippen molar-refractivity contribution in [2.75, 3.05) is 33.2 Å². The minimum absolute atomic E-state index is 0. The molecule has 1 aliphatic rings. The normalized spacial score (nSPS) is 21.2. The summed E-state index contributed by atoms with van der Waals surface area (Å²) < 4.78 is 0. The molecule has 0 radical (unpaired) electrons. The van der Waals surface area contributed by atoms with Crippen molar-refractivity contribution >= 4 is 29.9 Å². The Balaban J connectivity index is 0.00000400. The Morgan fingerprint density at radius 2 is 2.00 bits per heavy atom. The molecular formula is C16H35IN4. The predicted octanol–water partition coefficient (Wildman–Crippen LogP) is 2.94. The summed E-state index contributed by atoms with van der Waals surface area (Å²) in [5.74, 6) is 2.49. The first kappa shape index (κ1) is 21.0. The Kier molecular flexibility index (Phi) is 11.5. The fourth-order valence-corrected chi connectivity index (χ4v) is 2.69. The molecular weight excluding hydrogens is 375 g/mol. The molecule has 1 aliphatic heterocycles. The van der Waals surface area contributed by atoms with Crippen LogP contribution in [0.25, 0.3) is 0 Å². The lowest BCUT2D eigenvalue weighted by molar-refractivity contribution is 0.341. The van der Waals surface area contributed by atoms with Crippen molar-refractivity contribution in [3.8, 4) is 0 Å². The lowest BCUT2D eigenvalue weighted by Gasteiger charge is -2.20. The number of hydrogen-bond donors (Lipinski definition) is 2. The molecule has 1 heterocycles. The summed E-state index contributed by atoms with van der Waals surface area (Å²) in [5, 5.41) is 6.98. The smallest absolute Gasteiger partial charge is 0.191 e. The summed E-state index contributed by atoms with van der Waals surface area (Å²) >= 11 is 0. The van der Waals surface area contributed by atoms with Crippen molar-refractivity contribution in [3.05, 3.63) is 0 Å². The number of hydrogen-bond acceptors (Lipinski definition) is 2. The Labute approximate surface area is 148 Å². The van der Waals surface area contributed by atoms with Crippen LogP contribution in [0.2, 0.25) is 0 Å². The number of rotatable bonds is 7. The second-order valence-corrected chi connectivity index (χ2v) is 6.52. The molecule has 2 N–H and O–H groups in total. The van der Waals surface area contributed by atoms with Gasteiger partial charge in [0.25, 0.3) is 0 Å². The number of halogens is 1. The minimum atomic E-state index is 0. The van der Waals surface area contributed by atoms with Gasteiger partial charge < -0.3 is 15.5 Å². The molecule has 5 heteroatoms. The first-order valence-electron chi connectivity index (χ1n) is 8.24. The lowest BCUT2D eigenvalue weighted by Crippen LogP contribution is -2.44. The van der Waals surface area contributed by atoms with Gasteiger partial charge in [0.15, 0.2) is 5.96 Å². The second kappa shape index (κ2) is 11.5. The van der Waals surface area contributed by atoms with Crippen LogP contribution in [0.1, 0.15) is 47.0 Å². The van der Waals surface area contributed by atoms with Gasteiger partial charge in [0.2, 0.25) is 0 Å². The van der Waals surface area contributed by atoms with Crippen LogP contribution in [-0.4, -0.2) is 50.1 Å². The van der Waals surface area contributed by atoms with E-state index < -0.39 is 0 Å². The molecule has 0 saturated carbocycles. The molecule has 126 valence electrons. The average molecular weight is 410 g/mol. The van der Waals surface area contributed by atoms with E-state index in [1.165, 1.54) is 38.9 Å². The van der Waals surface area contributed by atoms with E-state index in [1.807, 2.05) is 7.05 Å². The molecule has 1 saturated heterocycles. The molecule has 0 aliphatic carbocycles. The molecule has 4 nitrogen and oxygen atoms in total. The van der Waals surface area contributed by atoms with Crippen molar-refractivity contribution in [2.24, 2.45) is 16.8 Å². The number of likely N-dealkylation sites (tertiary alicyclic amines) is 1. The molecule has 21 heavy (non-hydrogen) atoms. The molecule has 0 amide bonds. The van der Waals surface area contributed by atoms with Gasteiger partial charge in [-0.15, -0.1) is 24.0 Å². The zero-order valence-corrected chi connectivity index (χ0v) is 16.8. The van der Waals surface area contributed by atoms with Crippen LogP contribution >= 0.6 is 24.0 Å². The maximum atomic E-state index is 4.34. The monoisotopic (exact) mass is 410 g/mol. The Morgan fingerprint density at radius 3 is 2.52 bits per heavy atom. The van der Waals surface area contributed by atoms with Crippen molar-refractivity contribution in [3.63, 3.8) is 0 Å². The van der Waals surface area contributed by atoms with Crippen LogP contribution in [0, 0.1) is 11.8 Å². The van der Waals surface area contributed by atoms with E-state index >= 15 is 0 Å². The van der Waals surface area contributed by atoms with Crippen LogP contribution in [0.4, 0.5) is 0 Å². The first-order valence-corrected chi connectivity index (χ1v) is 8.24. The van der Waals surface area contributed by atoms with E-state index in [1.54, 1.807) is 0 Å². The van der Waals surface area contributed by atoms with Gasteiger partial charge in [0.05, 0.1) is 0 Å². The molecule has 0 aromatic rings. The molecule has 0 aromatic heterocycles. The fraction of sp³-hybridized carbons (Fsp3) is 0.938. The third-order valence-corrected chi connectivity index (χ3v) is 4.16. The highest BCUT2D eigenvalue weighted by atomic mass is 127. The van der Waals surface area contributed by atoms with E-state index in [2.05, 4.69) is 48.2 Å². The number of aliphatic imine (C=N–C) groups is 1. The third-order valence-electron chi connectivity index (χ3n) is 4.16. The highest BCUT2D eigenvalue weighted by Crippen LogP contribution is 2.14. The van der Waals surface area contributed by atoms with Gasteiger partial charge in [-0.25, -0.2) is 0 Å². The second-order valence-electron chi connectivity index (χ2n) is 6.52. The average Bonchev–Trinajstić information content (AvgIpc) is 2.89. The molecule has 0 bridgehead atoms. The molecule has 0 spiro atoms. The maximum absolute atomic E-state index is 4.34. The van der Waals surface area contributed by atoms with Gasteiger partial charge in [0, 0.05) is 26.2 Å². The molecule has 1 fully saturated rings. The van der Waals surface area contributed by atoms with Crippen LogP contribution in [-0.2, 0) is 0 Å². The summed E-state index contributed by atoms with van der Waals surface area (Å²) in [7, 11) is 1.86. The van der Waals surface area contributed by atoms with Crippen molar-refractivity contribution in [2.45, 2.75) is 53.0 Å². The SMILES string of the molecule is CCN1CCC(CNC(=NC)NC(C)CCC(C)C)C1.I. The van der Waals surface area contributed by atoms with Crippen molar-refractivity contribution < 1.29 is 0 Å². The number of nitrogens with zero attached hydrogens (tertiary/aromatic N) is 2. The Morgan fingerprint density at radius 1 is 1.29 bits per heavy atom. The zero-order chi connectivity index (χ0) is 15.0. The largest absolute Gasteiger partial charge is 0.356 e. The quantitative estimate of drug-likeness (QED) is 0.385. The Hall–Kier alpha value is -0.0400. The highest BCUT2D eigenvalue weighted by molar-refractivity contribution is 14.0. The Bertz CT molecular complexity index is 294.